The lowest BCUT2D eigenvalue weighted by Gasteiger charge is -2.21. The monoisotopic (exact) mass is 592 g/mol. The number of imidazole rings is 1. The molecule has 43 heavy (non-hydrogen) atoms. The first-order valence-electron chi connectivity index (χ1n) is 13.6. The molecular weight excluding hydrogens is 556 g/mol. The zero-order valence-corrected chi connectivity index (χ0v) is 23.6. The predicted octanol–water partition coefficient (Wildman–Crippen LogP) is -0.886. The number of H-pyrrole nitrogens is 1. The van der Waals surface area contributed by atoms with E-state index in [1.807, 2.05) is 6.07 Å². The van der Waals surface area contributed by atoms with E-state index in [0.29, 0.717) is 5.69 Å². The van der Waals surface area contributed by atoms with Crippen LogP contribution in [0.2, 0.25) is 0 Å². The molecule has 0 aliphatic carbocycles. The van der Waals surface area contributed by atoms with Gasteiger partial charge in [-0.1, -0.05) is 49.4 Å². The molecule has 1 aromatic heterocycles. The van der Waals surface area contributed by atoms with E-state index < -0.39 is 54.2 Å². The van der Waals surface area contributed by atoms with E-state index in [2.05, 4.69) is 36.8 Å². The molecule has 0 bridgehead atoms. The molecule has 0 radical (unpaired) electrons. The Labute approximate surface area is 248 Å². The van der Waals surface area contributed by atoms with Crippen LogP contribution in [0.25, 0.3) is 0 Å². The van der Waals surface area contributed by atoms with Gasteiger partial charge in [-0.3, -0.25) is 34.8 Å². The van der Waals surface area contributed by atoms with Crippen LogP contribution >= 0.6 is 0 Å². The Bertz CT molecular complexity index is 1370. The number of hydrogen-bond donors (Lipinski definition) is 8. The first-order valence-corrected chi connectivity index (χ1v) is 13.6. The van der Waals surface area contributed by atoms with Crippen molar-refractivity contribution in [2.45, 2.75) is 50.7 Å². The molecule has 3 rings (SSSR count). The number of benzene rings is 2. The van der Waals surface area contributed by atoms with Crippen molar-refractivity contribution in [2.24, 2.45) is 5.73 Å². The minimum Gasteiger partial charge on any atom is -0.508 e. The van der Waals surface area contributed by atoms with Gasteiger partial charge in [-0.2, -0.15) is 0 Å². The highest BCUT2D eigenvalue weighted by Crippen LogP contribution is 2.11. The molecule has 2 aromatic carbocycles. The van der Waals surface area contributed by atoms with Crippen molar-refractivity contribution in [1.29, 1.82) is 0 Å². The standard InChI is InChI=1S/C29H36N8O6/c1-2-25(39)36-37-29(43)23(13-18-6-4-3-5-7-18)34-26(40)16-32-28(42)24(14-20-15-31-17-33-20)35-27(41)22(30)12-19-8-10-21(38)11-9-19/h3-11,15,17,22-24,38H,2,12-14,16,30H2,1H3,(H,31,33)(H,32,42)(H,34,40)(H,35,41)(H,36,39)(H,37,43)/t22-,23-,24+/m0/s1. The highest BCUT2D eigenvalue weighted by atomic mass is 16.3. The average Bonchev–Trinajstić information content (AvgIpc) is 3.52. The van der Waals surface area contributed by atoms with Crippen molar-refractivity contribution in [2.75, 3.05) is 6.54 Å². The summed E-state index contributed by atoms with van der Waals surface area (Å²) in [6.07, 6.45) is 3.42. The quantitative estimate of drug-likeness (QED) is 0.110. The Kier molecular flexibility index (Phi) is 12.2. The summed E-state index contributed by atoms with van der Waals surface area (Å²) in [4.78, 5) is 69.9. The predicted molar refractivity (Wildman–Crippen MR) is 156 cm³/mol. The SMILES string of the molecule is CCC(=O)NNC(=O)[C@H](Cc1ccccc1)NC(=O)CNC(=O)[C@@H](Cc1cnc[nH]1)NC(=O)[C@@H](N)Cc1ccc(O)cc1. The molecule has 14 nitrogen and oxygen atoms in total. The molecule has 0 saturated heterocycles. The third-order valence-electron chi connectivity index (χ3n) is 6.34. The number of phenols is 1. The number of rotatable bonds is 14. The van der Waals surface area contributed by atoms with Gasteiger partial charge in [0.05, 0.1) is 18.9 Å². The molecule has 9 N–H and O–H groups in total. The molecule has 5 amide bonds. The second-order valence-electron chi connectivity index (χ2n) is 9.74. The van der Waals surface area contributed by atoms with Crippen LogP contribution in [0.3, 0.4) is 0 Å². The van der Waals surface area contributed by atoms with E-state index in [1.165, 1.54) is 24.7 Å². The maximum Gasteiger partial charge on any atom is 0.261 e. The summed E-state index contributed by atoms with van der Waals surface area (Å²) >= 11 is 0. The number of amides is 5. The number of carbonyl (C=O) groups is 5. The summed E-state index contributed by atoms with van der Waals surface area (Å²) in [7, 11) is 0. The van der Waals surface area contributed by atoms with Gasteiger partial charge in [0.25, 0.3) is 5.91 Å². The van der Waals surface area contributed by atoms with Crippen LogP contribution in [0.4, 0.5) is 0 Å². The number of carbonyl (C=O) groups excluding carboxylic acids is 5. The van der Waals surface area contributed by atoms with Crippen LogP contribution in [0, 0.1) is 0 Å². The lowest BCUT2D eigenvalue weighted by molar-refractivity contribution is -0.133. The Balaban J connectivity index is 1.61. The zero-order valence-electron chi connectivity index (χ0n) is 23.6. The van der Waals surface area contributed by atoms with Gasteiger partial charge in [0, 0.05) is 31.2 Å². The Morgan fingerprint density at radius 2 is 1.49 bits per heavy atom. The van der Waals surface area contributed by atoms with Crippen LogP contribution in [0.5, 0.6) is 5.75 Å². The number of nitrogens with one attached hydrogen (secondary N) is 6. The molecule has 228 valence electrons. The van der Waals surface area contributed by atoms with Crippen LogP contribution in [0.15, 0.2) is 67.1 Å². The fraction of sp³-hybridized carbons (Fsp3) is 0.310. The van der Waals surface area contributed by atoms with Crippen LogP contribution in [0.1, 0.15) is 30.2 Å². The van der Waals surface area contributed by atoms with E-state index in [0.717, 1.165) is 11.1 Å². The average molecular weight is 593 g/mol. The van der Waals surface area contributed by atoms with E-state index >= 15 is 0 Å². The number of hydrogen-bond acceptors (Lipinski definition) is 8. The van der Waals surface area contributed by atoms with Crippen molar-refractivity contribution in [1.82, 2.24) is 36.8 Å². The van der Waals surface area contributed by atoms with Gasteiger partial charge in [0.15, 0.2) is 0 Å². The third kappa shape index (κ3) is 10.9. The molecule has 0 fully saturated rings. The molecule has 1 heterocycles. The fourth-order valence-electron chi connectivity index (χ4n) is 3.98. The minimum atomic E-state index is -1.10. The Morgan fingerprint density at radius 3 is 2.14 bits per heavy atom. The van der Waals surface area contributed by atoms with Gasteiger partial charge in [0.2, 0.25) is 23.6 Å². The Hall–Kier alpha value is -5.24. The van der Waals surface area contributed by atoms with E-state index in [-0.39, 0.29) is 31.4 Å². The van der Waals surface area contributed by atoms with E-state index in [4.69, 9.17) is 5.73 Å². The first-order chi connectivity index (χ1) is 20.6. The molecule has 0 unspecified atom stereocenters. The number of aromatic hydroxyl groups is 1. The number of nitrogens with zero attached hydrogens (tertiary/aromatic N) is 1. The van der Waals surface area contributed by atoms with E-state index in [1.54, 1.807) is 43.3 Å². The van der Waals surface area contributed by atoms with Gasteiger partial charge in [-0.15, -0.1) is 0 Å². The highest BCUT2D eigenvalue weighted by molar-refractivity contribution is 5.93. The van der Waals surface area contributed by atoms with E-state index in [9.17, 15) is 29.1 Å². The molecule has 3 aromatic rings. The highest BCUT2D eigenvalue weighted by Gasteiger charge is 2.26. The Morgan fingerprint density at radius 1 is 0.814 bits per heavy atom. The van der Waals surface area contributed by atoms with Gasteiger partial charge >= 0.3 is 0 Å². The summed E-state index contributed by atoms with van der Waals surface area (Å²) in [5.74, 6) is -2.88. The second kappa shape index (κ2) is 16.3. The zero-order chi connectivity index (χ0) is 31.2. The normalized spacial score (nSPS) is 12.7. The van der Waals surface area contributed by atoms with Gasteiger partial charge in [0.1, 0.15) is 17.8 Å². The first kappa shape index (κ1) is 32.3. The molecule has 0 aliphatic rings. The summed E-state index contributed by atoms with van der Waals surface area (Å²) in [5, 5.41) is 17.2. The van der Waals surface area contributed by atoms with Crippen molar-refractivity contribution >= 4 is 29.5 Å². The molecule has 3 atom stereocenters. The fourth-order valence-corrected chi connectivity index (χ4v) is 3.98. The molecule has 0 saturated carbocycles. The van der Waals surface area contributed by atoms with Crippen molar-refractivity contribution < 1.29 is 29.1 Å². The topological polar surface area (TPSA) is 220 Å². The molecular formula is C29H36N8O6. The van der Waals surface area contributed by atoms with Gasteiger partial charge < -0.3 is 31.8 Å². The maximum absolute atomic E-state index is 13.1. The number of aromatic nitrogens is 2. The lowest BCUT2D eigenvalue weighted by Crippen LogP contribution is -2.56. The van der Waals surface area contributed by atoms with Crippen molar-refractivity contribution in [3.05, 3.63) is 83.9 Å². The minimum absolute atomic E-state index is 0.0429. The smallest absolute Gasteiger partial charge is 0.261 e. The number of nitrogens with two attached hydrogens (primary N) is 1. The summed E-state index contributed by atoms with van der Waals surface area (Å²) in [5.41, 5.74) is 12.7. The number of aromatic amines is 1. The third-order valence-corrected chi connectivity index (χ3v) is 6.34. The van der Waals surface area contributed by atoms with Crippen LogP contribution in [-0.4, -0.2) is 69.3 Å². The maximum atomic E-state index is 13.1. The second-order valence-corrected chi connectivity index (χ2v) is 9.74. The molecule has 0 aliphatic heterocycles. The van der Waals surface area contributed by atoms with Crippen LogP contribution < -0.4 is 32.5 Å². The van der Waals surface area contributed by atoms with Gasteiger partial charge in [-0.25, -0.2) is 4.98 Å². The summed E-state index contributed by atoms with van der Waals surface area (Å²) in [6.45, 7) is 1.13. The number of phenolic OH excluding ortho intramolecular Hbond substituents is 1. The molecule has 14 heteroatoms. The van der Waals surface area contributed by atoms with Crippen molar-refractivity contribution in [3.8, 4) is 5.75 Å². The van der Waals surface area contributed by atoms with Gasteiger partial charge in [-0.05, 0) is 29.7 Å². The van der Waals surface area contributed by atoms with Crippen LogP contribution in [-0.2, 0) is 43.2 Å². The molecule has 0 spiro atoms. The largest absolute Gasteiger partial charge is 0.508 e. The lowest BCUT2D eigenvalue weighted by atomic mass is 10.0. The van der Waals surface area contributed by atoms with Crippen molar-refractivity contribution in [3.63, 3.8) is 0 Å². The summed E-state index contributed by atoms with van der Waals surface area (Å²) in [6, 6.07) is 12.1. The number of hydrazine groups is 1. The summed E-state index contributed by atoms with van der Waals surface area (Å²) < 4.78 is 0.